The molecule has 0 amide bonds. The Hall–Kier alpha value is -3.67. The molecule has 0 radical (unpaired) electrons. The van der Waals surface area contributed by atoms with Crippen LogP contribution < -0.4 is 5.32 Å². The average molecular weight is 358 g/mol. The highest BCUT2D eigenvalue weighted by molar-refractivity contribution is 5.96. The first-order valence-electron chi connectivity index (χ1n) is 8.69. The zero-order valence-corrected chi connectivity index (χ0v) is 14.8. The normalized spacial score (nSPS) is 10.9. The van der Waals surface area contributed by atoms with Gasteiger partial charge in [0.25, 0.3) is 0 Å². The Kier molecular flexibility index (Phi) is 4.30. The van der Waals surface area contributed by atoms with Crippen LogP contribution in [0.15, 0.2) is 66.9 Å². The number of carboxylic acids is 1. The fourth-order valence-corrected chi connectivity index (χ4v) is 3.04. The van der Waals surface area contributed by atoms with Crippen LogP contribution in [0.4, 0.5) is 11.5 Å². The number of hydrogen-bond donors (Lipinski definition) is 2. The maximum absolute atomic E-state index is 11.4. The van der Waals surface area contributed by atoms with E-state index in [0.717, 1.165) is 34.8 Å². The van der Waals surface area contributed by atoms with Crippen molar-refractivity contribution in [2.75, 3.05) is 5.32 Å². The average Bonchev–Trinajstić information content (AvgIpc) is 3.17. The molecule has 0 aliphatic heterocycles. The second-order valence-corrected chi connectivity index (χ2v) is 6.14. The molecule has 0 bridgehead atoms. The summed E-state index contributed by atoms with van der Waals surface area (Å²) >= 11 is 0. The van der Waals surface area contributed by atoms with Gasteiger partial charge in [-0.2, -0.15) is 9.61 Å². The van der Waals surface area contributed by atoms with Crippen molar-refractivity contribution in [3.8, 4) is 11.1 Å². The van der Waals surface area contributed by atoms with Crippen molar-refractivity contribution in [2.24, 2.45) is 0 Å². The lowest BCUT2D eigenvalue weighted by molar-refractivity contribution is 0.0697. The minimum absolute atomic E-state index is 0.290. The molecule has 2 N–H and O–H groups in total. The number of benzene rings is 2. The second-order valence-electron chi connectivity index (χ2n) is 6.14. The Morgan fingerprint density at radius 2 is 1.89 bits per heavy atom. The maximum Gasteiger partial charge on any atom is 0.336 e. The number of nitrogens with one attached hydrogen (secondary N) is 1. The molecule has 6 nitrogen and oxygen atoms in total. The van der Waals surface area contributed by atoms with Crippen molar-refractivity contribution in [3.05, 3.63) is 78.1 Å². The zero-order chi connectivity index (χ0) is 18.8. The van der Waals surface area contributed by atoms with Crippen LogP contribution in [0.3, 0.4) is 0 Å². The molecule has 2 heterocycles. The molecule has 0 aliphatic rings. The lowest BCUT2D eigenvalue weighted by Gasteiger charge is -2.11. The SMILES string of the molecule is CCc1cc(Nc2ccc(-c3ccccc3C(=O)O)cc2)n2nccc2n1. The van der Waals surface area contributed by atoms with E-state index >= 15 is 0 Å². The summed E-state index contributed by atoms with van der Waals surface area (Å²) in [6.07, 6.45) is 2.56. The molecule has 0 fully saturated rings. The molecule has 2 aromatic heterocycles. The summed E-state index contributed by atoms with van der Waals surface area (Å²) in [5.74, 6) is -0.0988. The third-order valence-electron chi connectivity index (χ3n) is 4.40. The van der Waals surface area contributed by atoms with Gasteiger partial charge in [-0.15, -0.1) is 0 Å². The maximum atomic E-state index is 11.4. The van der Waals surface area contributed by atoms with Crippen LogP contribution in [-0.4, -0.2) is 25.7 Å². The Morgan fingerprint density at radius 3 is 2.63 bits per heavy atom. The van der Waals surface area contributed by atoms with Crippen LogP contribution in [0.25, 0.3) is 16.8 Å². The van der Waals surface area contributed by atoms with E-state index in [1.54, 1.807) is 22.8 Å². The summed E-state index contributed by atoms with van der Waals surface area (Å²) in [4.78, 5) is 16.0. The molecule has 4 rings (SSSR count). The summed E-state index contributed by atoms with van der Waals surface area (Å²) in [7, 11) is 0. The van der Waals surface area contributed by atoms with Gasteiger partial charge in [-0.1, -0.05) is 37.3 Å². The number of aromatic carboxylic acids is 1. The quantitative estimate of drug-likeness (QED) is 0.553. The number of carboxylic acid groups (broad SMARTS) is 1. The Bertz CT molecular complexity index is 1120. The molecule has 4 aromatic rings. The second kappa shape index (κ2) is 6.92. The van der Waals surface area contributed by atoms with E-state index in [0.29, 0.717) is 5.56 Å². The smallest absolute Gasteiger partial charge is 0.336 e. The minimum Gasteiger partial charge on any atom is -0.478 e. The molecule has 27 heavy (non-hydrogen) atoms. The van der Waals surface area contributed by atoms with Crippen molar-refractivity contribution in [1.29, 1.82) is 0 Å². The van der Waals surface area contributed by atoms with Gasteiger partial charge in [-0.25, -0.2) is 9.78 Å². The van der Waals surface area contributed by atoms with Crippen LogP contribution in [0, 0.1) is 0 Å². The molecule has 0 unspecified atom stereocenters. The third kappa shape index (κ3) is 3.25. The van der Waals surface area contributed by atoms with Crippen LogP contribution in [-0.2, 0) is 6.42 Å². The van der Waals surface area contributed by atoms with Crippen LogP contribution in [0.5, 0.6) is 0 Å². The van der Waals surface area contributed by atoms with Crippen molar-refractivity contribution in [2.45, 2.75) is 13.3 Å². The fraction of sp³-hybridized carbons (Fsp3) is 0.0952. The number of anilines is 2. The molecule has 0 saturated carbocycles. The third-order valence-corrected chi connectivity index (χ3v) is 4.40. The van der Waals surface area contributed by atoms with Gasteiger partial charge >= 0.3 is 5.97 Å². The van der Waals surface area contributed by atoms with Gasteiger partial charge in [0.15, 0.2) is 5.65 Å². The van der Waals surface area contributed by atoms with Gasteiger partial charge in [-0.05, 0) is 35.7 Å². The van der Waals surface area contributed by atoms with E-state index in [9.17, 15) is 9.90 Å². The number of rotatable bonds is 5. The van der Waals surface area contributed by atoms with E-state index < -0.39 is 5.97 Å². The highest BCUT2D eigenvalue weighted by Crippen LogP contribution is 2.26. The highest BCUT2D eigenvalue weighted by Gasteiger charge is 2.11. The van der Waals surface area contributed by atoms with Crippen molar-refractivity contribution < 1.29 is 9.90 Å². The first kappa shape index (κ1) is 16.8. The van der Waals surface area contributed by atoms with E-state index in [4.69, 9.17) is 0 Å². The van der Waals surface area contributed by atoms with E-state index in [-0.39, 0.29) is 5.56 Å². The van der Waals surface area contributed by atoms with Crippen molar-refractivity contribution in [3.63, 3.8) is 0 Å². The molecular weight excluding hydrogens is 340 g/mol. The Balaban J connectivity index is 1.66. The summed E-state index contributed by atoms with van der Waals surface area (Å²) in [5.41, 5.74) is 4.51. The fourth-order valence-electron chi connectivity index (χ4n) is 3.04. The molecule has 2 aromatic carbocycles. The van der Waals surface area contributed by atoms with E-state index in [1.165, 1.54) is 0 Å². The van der Waals surface area contributed by atoms with E-state index in [2.05, 4.69) is 22.3 Å². The standard InChI is InChI=1S/C21H18N4O2/c1-2-15-13-20(25-19(23-15)11-12-22-25)24-16-9-7-14(8-10-16)17-5-3-4-6-18(17)21(26)27/h3-13,24H,2H2,1H3,(H,26,27). The molecule has 0 saturated heterocycles. The number of aromatic nitrogens is 3. The zero-order valence-electron chi connectivity index (χ0n) is 14.8. The summed E-state index contributed by atoms with van der Waals surface area (Å²) < 4.78 is 1.76. The monoisotopic (exact) mass is 358 g/mol. The molecule has 0 spiro atoms. The first-order chi connectivity index (χ1) is 13.2. The first-order valence-corrected chi connectivity index (χ1v) is 8.69. The lowest BCUT2D eigenvalue weighted by atomic mass is 9.99. The Labute approximate surface area is 156 Å². The molecule has 0 atom stereocenters. The summed E-state index contributed by atoms with van der Waals surface area (Å²) in [6.45, 7) is 2.06. The number of hydrogen-bond acceptors (Lipinski definition) is 4. The van der Waals surface area contributed by atoms with E-state index in [1.807, 2.05) is 48.5 Å². The lowest BCUT2D eigenvalue weighted by Crippen LogP contribution is -2.03. The van der Waals surface area contributed by atoms with Gasteiger partial charge in [0.05, 0.1) is 11.8 Å². The van der Waals surface area contributed by atoms with Crippen molar-refractivity contribution in [1.82, 2.24) is 14.6 Å². The van der Waals surface area contributed by atoms with Crippen LogP contribution in [0.2, 0.25) is 0 Å². The van der Waals surface area contributed by atoms with Crippen molar-refractivity contribution >= 4 is 23.1 Å². The van der Waals surface area contributed by atoms with Gasteiger partial charge < -0.3 is 10.4 Å². The number of fused-ring (bicyclic) bond motifs is 1. The molecular formula is C21H18N4O2. The minimum atomic E-state index is -0.933. The molecule has 0 aliphatic carbocycles. The van der Waals surface area contributed by atoms with Gasteiger partial charge in [-0.3, -0.25) is 0 Å². The predicted molar refractivity (Wildman–Crippen MR) is 104 cm³/mol. The topological polar surface area (TPSA) is 79.5 Å². The van der Waals surface area contributed by atoms with Gasteiger partial charge in [0, 0.05) is 23.5 Å². The number of aryl methyl sites for hydroxylation is 1. The Morgan fingerprint density at radius 1 is 1.11 bits per heavy atom. The largest absolute Gasteiger partial charge is 0.478 e. The van der Waals surface area contributed by atoms with Gasteiger partial charge in [0.1, 0.15) is 5.82 Å². The summed E-state index contributed by atoms with van der Waals surface area (Å²) in [6, 6.07) is 18.5. The van der Waals surface area contributed by atoms with Gasteiger partial charge in [0.2, 0.25) is 0 Å². The predicted octanol–water partition coefficient (Wildman–Crippen LogP) is 4.40. The van der Waals surface area contributed by atoms with Crippen LogP contribution in [0.1, 0.15) is 23.0 Å². The summed E-state index contributed by atoms with van der Waals surface area (Å²) in [5, 5.41) is 17.1. The number of nitrogens with zero attached hydrogens (tertiary/aromatic N) is 3. The molecule has 6 heteroatoms. The number of carbonyl (C=O) groups is 1. The van der Waals surface area contributed by atoms with Crippen LogP contribution >= 0.6 is 0 Å². The highest BCUT2D eigenvalue weighted by atomic mass is 16.4. The molecule has 134 valence electrons.